The number of halogens is 4. The molecule has 1 aliphatic heterocycles. The van der Waals surface area contributed by atoms with Gasteiger partial charge in [-0.25, -0.2) is 13.0 Å². The zero-order chi connectivity index (χ0) is 28.7. The molecule has 1 fully saturated rings. The van der Waals surface area contributed by atoms with E-state index in [2.05, 4.69) is 4.99 Å². The molecule has 0 radical (unpaired) electrons. The number of hydrogen-bond acceptors (Lipinski definition) is 5. The van der Waals surface area contributed by atoms with Crippen LogP contribution in [0.25, 0.3) is 16.5 Å². The third kappa shape index (κ3) is 5.24. The normalized spacial score (nSPS) is 15.2. The van der Waals surface area contributed by atoms with E-state index < -0.39 is 33.2 Å². The molecule has 1 aromatic heterocycles. The van der Waals surface area contributed by atoms with Crippen LogP contribution in [0.2, 0.25) is 5.02 Å². The van der Waals surface area contributed by atoms with Crippen LogP contribution in [-0.2, 0) is 16.2 Å². The molecular formula is C28H23ClF3N3O4S. The van der Waals surface area contributed by atoms with Crippen molar-refractivity contribution in [2.24, 2.45) is 4.99 Å². The molecule has 0 aliphatic carbocycles. The molecule has 5 rings (SSSR count). The first-order chi connectivity index (χ1) is 19.0. The van der Waals surface area contributed by atoms with Crippen molar-refractivity contribution >= 4 is 44.3 Å². The SMILES string of the molecule is O=c1c2ccccc2c(C=Nc2cc(S(=O)(=O)N3CCCCC3)ccc2Cl)c(O)n1-c1cccc(C(F)(F)F)c1. The molecule has 1 aliphatic rings. The second-order valence-electron chi connectivity index (χ2n) is 9.31. The van der Waals surface area contributed by atoms with Crippen LogP contribution >= 0.6 is 11.6 Å². The maximum atomic E-state index is 13.4. The molecule has 2 heterocycles. The van der Waals surface area contributed by atoms with Crippen LogP contribution in [-0.4, -0.2) is 41.7 Å². The summed E-state index contributed by atoms with van der Waals surface area (Å²) in [4.78, 5) is 17.6. The quantitative estimate of drug-likeness (QED) is 0.277. The molecule has 40 heavy (non-hydrogen) atoms. The van der Waals surface area contributed by atoms with Crippen molar-refractivity contribution in [3.63, 3.8) is 0 Å². The maximum absolute atomic E-state index is 13.4. The predicted molar refractivity (Wildman–Crippen MR) is 148 cm³/mol. The summed E-state index contributed by atoms with van der Waals surface area (Å²) in [5, 5.41) is 11.7. The highest BCUT2D eigenvalue weighted by atomic mass is 35.5. The van der Waals surface area contributed by atoms with Gasteiger partial charge in [-0.1, -0.05) is 42.3 Å². The number of benzene rings is 3. The Labute approximate surface area is 232 Å². The molecule has 4 aromatic rings. The standard InChI is InChI=1S/C28H23ClF3N3O4S/c29-24-12-11-20(40(38,39)34-13-4-1-5-14-34)16-25(24)33-17-23-21-9-2-3-10-22(21)26(36)35(27(23)37)19-8-6-7-18(15-19)28(30,31)32/h2-3,6-12,15-17,37H,1,4-5,13-14H2. The topological polar surface area (TPSA) is 92.0 Å². The van der Waals surface area contributed by atoms with Crippen molar-refractivity contribution in [1.82, 2.24) is 8.87 Å². The van der Waals surface area contributed by atoms with E-state index in [0.29, 0.717) is 18.5 Å². The number of fused-ring (bicyclic) bond motifs is 1. The molecule has 1 saturated heterocycles. The van der Waals surface area contributed by atoms with E-state index in [9.17, 15) is 31.5 Å². The van der Waals surface area contributed by atoms with Gasteiger partial charge in [0.15, 0.2) is 0 Å². The van der Waals surface area contributed by atoms with Crippen LogP contribution in [0.4, 0.5) is 18.9 Å². The van der Waals surface area contributed by atoms with Gasteiger partial charge in [-0.05, 0) is 55.3 Å². The van der Waals surface area contributed by atoms with E-state index in [1.54, 1.807) is 18.2 Å². The summed E-state index contributed by atoms with van der Waals surface area (Å²) >= 11 is 6.32. The number of pyridine rings is 1. The minimum atomic E-state index is -4.66. The predicted octanol–water partition coefficient (Wildman–Crippen LogP) is 6.29. The van der Waals surface area contributed by atoms with E-state index in [4.69, 9.17) is 11.6 Å². The smallest absolute Gasteiger partial charge is 0.416 e. The number of rotatable bonds is 5. The number of alkyl halides is 3. The van der Waals surface area contributed by atoms with Crippen LogP contribution in [0.1, 0.15) is 30.4 Å². The average Bonchev–Trinajstić information content (AvgIpc) is 2.94. The molecule has 0 atom stereocenters. The van der Waals surface area contributed by atoms with Gasteiger partial charge in [0.05, 0.1) is 32.4 Å². The Kier molecular flexibility index (Phi) is 7.47. The third-order valence-corrected chi connectivity index (χ3v) is 8.95. The molecule has 0 bridgehead atoms. The molecule has 208 valence electrons. The zero-order valence-corrected chi connectivity index (χ0v) is 22.5. The number of aliphatic imine (C=N–C) groups is 1. The molecule has 3 aromatic carbocycles. The van der Waals surface area contributed by atoms with Gasteiger partial charge in [-0.15, -0.1) is 0 Å². The molecule has 0 saturated carbocycles. The molecule has 0 amide bonds. The van der Waals surface area contributed by atoms with Crippen molar-refractivity contribution in [1.29, 1.82) is 0 Å². The Morgan fingerprint density at radius 2 is 1.62 bits per heavy atom. The van der Waals surface area contributed by atoms with Crippen molar-refractivity contribution in [2.75, 3.05) is 13.1 Å². The van der Waals surface area contributed by atoms with Gasteiger partial charge in [-0.3, -0.25) is 9.79 Å². The highest BCUT2D eigenvalue weighted by Gasteiger charge is 2.31. The van der Waals surface area contributed by atoms with Crippen molar-refractivity contribution in [3.8, 4) is 11.6 Å². The number of piperidine rings is 1. The molecular weight excluding hydrogens is 567 g/mol. The van der Waals surface area contributed by atoms with Crippen LogP contribution in [0, 0.1) is 0 Å². The summed E-state index contributed by atoms with van der Waals surface area (Å²) in [6.07, 6.45) is -0.952. The molecule has 7 nitrogen and oxygen atoms in total. The Balaban J connectivity index is 1.64. The molecule has 12 heteroatoms. The minimum absolute atomic E-state index is 0.00830. The summed E-state index contributed by atoms with van der Waals surface area (Å²) in [5.41, 5.74) is -1.77. The highest BCUT2D eigenvalue weighted by Crippen LogP contribution is 2.34. The Morgan fingerprint density at radius 1 is 0.925 bits per heavy atom. The number of nitrogens with zero attached hydrogens (tertiary/aromatic N) is 3. The average molecular weight is 590 g/mol. The lowest BCUT2D eigenvalue weighted by molar-refractivity contribution is -0.137. The van der Waals surface area contributed by atoms with E-state index in [1.807, 2.05) is 0 Å². The Bertz CT molecular complexity index is 1800. The van der Waals surface area contributed by atoms with Crippen molar-refractivity contribution < 1.29 is 26.7 Å². The zero-order valence-electron chi connectivity index (χ0n) is 20.9. The number of hydrogen-bond donors (Lipinski definition) is 1. The number of sulfonamides is 1. The minimum Gasteiger partial charge on any atom is -0.494 e. The molecule has 1 N–H and O–H groups in total. The lowest BCUT2D eigenvalue weighted by Gasteiger charge is -2.26. The van der Waals surface area contributed by atoms with E-state index in [0.717, 1.165) is 42.0 Å². The van der Waals surface area contributed by atoms with Gasteiger partial charge < -0.3 is 5.11 Å². The van der Waals surface area contributed by atoms with E-state index in [-0.39, 0.29) is 32.2 Å². The van der Waals surface area contributed by atoms with Gasteiger partial charge in [0.2, 0.25) is 15.9 Å². The summed E-state index contributed by atoms with van der Waals surface area (Å²) in [7, 11) is -3.78. The summed E-state index contributed by atoms with van der Waals surface area (Å²) in [6.45, 7) is 0.834. The first kappa shape index (κ1) is 27.9. The number of aromatic hydroxyl groups is 1. The van der Waals surface area contributed by atoms with Crippen LogP contribution < -0.4 is 5.56 Å². The monoisotopic (exact) mass is 589 g/mol. The second-order valence-corrected chi connectivity index (χ2v) is 11.7. The Hall–Kier alpha value is -3.67. The van der Waals surface area contributed by atoms with Gasteiger partial charge >= 0.3 is 6.18 Å². The number of aromatic nitrogens is 1. The molecule has 0 unspecified atom stereocenters. The lowest BCUT2D eigenvalue weighted by Crippen LogP contribution is -2.35. The van der Waals surface area contributed by atoms with Gasteiger partial charge in [0.25, 0.3) is 5.56 Å². The van der Waals surface area contributed by atoms with Gasteiger partial charge in [-0.2, -0.15) is 17.5 Å². The van der Waals surface area contributed by atoms with Crippen LogP contribution in [0.3, 0.4) is 0 Å². The fourth-order valence-electron chi connectivity index (χ4n) is 4.69. The first-order valence-corrected chi connectivity index (χ1v) is 14.2. The summed E-state index contributed by atoms with van der Waals surface area (Å²) in [6, 6.07) is 14.4. The van der Waals surface area contributed by atoms with E-state index in [1.165, 1.54) is 40.9 Å². The largest absolute Gasteiger partial charge is 0.494 e. The molecule has 0 spiro atoms. The van der Waals surface area contributed by atoms with Crippen LogP contribution in [0.5, 0.6) is 5.88 Å². The fraction of sp³-hybridized carbons (Fsp3) is 0.214. The van der Waals surface area contributed by atoms with Crippen molar-refractivity contribution in [2.45, 2.75) is 30.3 Å². The van der Waals surface area contributed by atoms with Gasteiger partial charge in [0, 0.05) is 30.1 Å². The maximum Gasteiger partial charge on any atom is 0.416 e. The Morgan fingerprint density at radius 3 is 2.33 bits per heavy atom. The van der Waals surface area contributed by atoms with Gasteiger partial charge in [0.1, 0.15) is 0 Å². The first-order valence-electron chi connectivity index (χ1n) is 12.4. The lowest BCUT2D eigenvalue weighted by atomic mass is 10.1. The van der Waals surface area contributed by atoms with E-state index >= 15 is 0 Å². The van der Waals surface area contributed by atoms with Crippen molar-refractivity contribution in [3.05, 3.63) is 93.2 Å². The second kappa shape index (κ2) is 10.7. The highest BCUT2D eigenvalue weighted by molar-refractivity contribution is 7.89. The summed E-state index contributed by atoms with van der Waals surface area (Å²) in [5.74, 6) is -0.639. The third-order valence-electron chi connectivity index (χ3n) is 6.74. The van der Waals surface area contributed by atoms with Crippen LogP contribution in [0.15, 0.2) is 81.4 Å². The fourth-order valence-corrected chi connectivity index (χ4v) is 6.39. The summed E-state index contributed by atoms with van der Waals surface area (Å²) < 4.78 is 68.6.